The molecular formula is C16H9F3N6O3S. The monoisotopic (exact) mass is 422 g/mol. The lowest BCUT2D eigenvalue weighted by atomic mass is 10.3. The number of thiazole rings is 1. The molecule has 4 aromatic rings. The first-order valence-electron chi connectivity index (χ1n) is 7.84. The lowest BCUT2D eigenvalue weighted by Gasteiger charge is -2.08. The van der Waals surface area contributed by atoms with Crippen LogP contribution in [0.15, 0.2) is 52.5 Å². The Morgan fingerprint density at radius 3 is 2.69 bits per heavy atom. The lowest BCUT2D eigenvalue weighted by molar-refractivity contribution is -0.274. The molecule has 0 atom stereocenters. The summed E-state index contributed by atoms with van der Waals surface area (Å²) in [6, 6.07) is 8.23. The molecule has 1 N–H and O–H groups in total. The second-order valence-corrected chi connectivity index (χ2v) is 6.27. The van der Waals surface area contributed by atoms with Crippen molar-refractivity contribution in [1.82, 2.24) is 25.2 Å². The molecule has 0 saturated carbocycles. The van der Waals surface area contributed by atoms with Gasteiger partial charge in [0.15, 0.2) is 10.9 Å². The van der Waals surface area contributed by atoms with Crippen molar-refractivity contribution in [3.63, 3.8) is 0 Å². The number of nitrogens with zero attached hydrogens (tertiary/aromatic N) is 5. The van der Waals surface area contributed by atoms with Crippen molar-refractivity contribution in [3.05, 3.63) is 53.9 Å². The molecule has 3 heterocycles. The van der Waals surface area contributed by atoms with Gasteiger partial charge in [-0.2, -0.15) is 0 Å². The van der Waals surface area contributed by atoms with Gasteiger partial charge in [-0.25, -0.2) is 4.98 Å². The summed E-state index contributed by atoms with van der Waals surface area (Å²) in [4.78, 5) is 17.5. The lowest BCUT2D eigenvalue weighted by Crippen LogP contribution is -2.17. The van der Waals surface area contributed by atoms with Crippen LogP contribution in [0, 0.1) is 0 Å². The largest absolute Gasteiger partial charge is 0.573 e. The third-order valence-corrected chi connectivity index (χ3v) is 4.17. The summed E-state index contributed by atoms with van der Waals surface area (Å²) >= 11 is 1.19. The number of hydrogen-bond donors (Lipinski definition) is 1. The van der Waals surface area contributed by atoms with E-state index >= 15 is 0 Å². The molecule has 0 aliphatic carbocycles. The number of rotatable bonds is 5. The van der Waals surface area contributed by atoms with Crippen molar-refractivity contribution >= 4 is 22.4 Å². The van der Waals surface area contributed by atoms with E-state index in [9.17, 15) is 18.0 Å². The number of hydrogen-bond acceptors (Lipinski definition) is 8. The highest BCUT2D eigenvalue weighted by Gasteiger charge is 2.31. The molecule has 0 radical (unpaired) electrons. The SMILES string of the molecule is O=C(Nc1nc(-c2ccco2)cs1)c1nnn(-c2ccc(OC(F)(F)F)cc2)n1. The number of amides is 1. The van der Waals surface area contributed by atoms with Gasteiger partial charge in [-0.05, 0) is 41.6 Å². The van der Waals surface area contributed by atoms with E-state index in [2.05, 4.69) is 30.4 Å². The molecular weight excluding hydrogens is 413 g/mol. The summed E-state index contributed by atoms with van der Waals surface area (Å²) in [5.74, 6) is -0.719. The van der Waals surface area contributed by atoms with Gasteiger partial charge in [-0.15, -0.1) is 39.5 Å². The first kappa shape index (κ1) is 18.6. The molecule has 1 amide bonds. The maximum Gasteiger partial charge on any atom is 0.573 e. The van der Waals surface area contributed by atoms with Crippen molar-refractivity contribution in [1.29, 1.82) is 0 Å². The number of halogens is 3. The van der Waals surface area contributed by atoms with Crippen molar-refractivity contribution in [2.45, 2.75) is 6.36 Å². The van der Waals surface area contributed by atoms with Gasteiger partial charge in [-0.3, -0.25) is 10.1 Å². The zero-order valence-corrected chi connectivity index (χ0v) is 14.9. The number of carbonyl (C=O) groups excluding carboxylic acids is 1. The molecule has 0 unspecified atom stereocenters. The average molecular weight is 422 g/mol. The van der Waals surface area contributed by atoms with Gasteiger partial charge in [-0.1, -0.05) is 0 Å². The number of anilines is 1. The van der Waals surface area contributed by atoms with E-state index in [0.717, 1.165) is 16.9 Å². The Morgan fingerprint density at radius 2 is 2.00 bits per heavy atom. The second kappa shape index (κ2) is 7.35. The van der Waals surface area contributed by atoms with Crippen LogP contribution in [-0.2, 0) is 0 Å². The van der Waals surface area contributed by atoms with Crippen LogP contribution >= 0.6 is 11.3 Å². The van der Waals surface area contributed by atoms with Gasteiger partial charge >= 0.3 is 6.36 Å². The van der Waals surface area contributed by atoms with Gasteiger partial charge in [0.2, 0.25) is 0 Å². The molecule has 0 fully saturated rings. The minimum absolute atomic E-state index is 0.240. The Bertz CT molecular complexity index is 1120. The highest BCUT2D eigenvalue weighted by molar-refractivity contribution is 7.14. The molecule has 0 saturated heterocycles. The Hall–Kier alpha value is -3.74. The summed E-state index contributed by atoms with van der Waals surface area (Å²) in [5, 5.41) is 15.8. The summed E-state index contributed by atoms with van der Waals surface area (Å²) in [6.45, 7) is 0. The Balaban J connectivity index is 1.44. The van der Waals surface area contributed by atoms with Gasteiger partial charge in [0.25, 0.3) is 11.7 Å². The highest BCUT2D eigenvalue weighted by Crippen LogP contribution is 2.25. The fourth-order valence-corrected chi connectivity index (χ4v) is 2.91. The first-order chi connectivity index (χ1) is 13.9. The summed E-state index contributed by atoms with van der Waals surface area (Å²) in [6.07, 6.45) is -3.28. The predicted molar refractivity (Wildman–Crippen MR) is 93.6 cm³/mol. The molecule has 148 valence electrons. The quantitative estimate of drug-likeness (QED) is 0.524. The number of ether oxygens (including phenoxy) is 1. The van der Waals surface area contributed by atoms with E-state index in [1.165, 1.54) is 29.7 Å². The number of alkyl halides is 3. The number of benzene rings is 1. The molecule has 29 heavy (non-hydrogen) atoms. The van der Waals surface area contributed by atoms with E-state index in [4.69, 9.17) is 4.42 Å². The van der Waals surface area contributed by atoms with Crippen molar-refractivity contribution in [2.75, 3.05) is 5.32 Å². The smallest absolute Gasteiger partial charge is 0.463 e. The fourth-order valence-electron chi connectivity index (χ4n) is 2.22. The maximum atomic E-state index is 12.3. The minimum Gasteiger partial charge on any atom is -0.463 e. The van der Waals surface area contributed by atoms with E-state index in [-0.39, 0.29) is 5.82 Å². The highest BCUT2D eigenvalue weighted by atomic mass is 32.1. The minimum atomic E-state index is -4.79. The van der Waals surface area contributed by atoms with Crippen LogP contribution in [0.1, 0.15) is 10.6 Å². The van der Waals surface area contributed by atoms with E-state index in [0.29, 0.717) is 22.3 Å². The van der Waals surface area contributed by atoms with Gasteiger partial charge < -0.3 is 9.15 Å². The van der Waals surface area contributed by atoms with Crippen LogP contribution < -0.4 is 10.1 Å². The zero-order valence-electron chi connectivity index (χ0n) is 14.1. The van der Waals surface area contributed by atoms with Crippen LogP contribution in [0.25, 0.3) is 17.1 Å². The molecule has 9 nitrogen and oxygen atoms in total. The molecule has 1 aromatic carbocycles. The van der Waals surface area contributed by atoms with Crippen LogP contribution in [0.5, 0.6) is 5.75 Å². The standard InChI is InChI=1S/C16H9F3N6O3S/c17-16(18,19)28-10-5-3-9(4-6-10)25-23-13(22-24-25)14(26)21-15-20-11(8-29-15)12-2-1-7-27-12/h1-8H,(H,20,21,26). The van der Waals surface area contributed by atoms with Gasteiger partial charge in [0, 0.05) is 5.38 Å². The molecule has 0 aliphatic rings. The fraction of sp³-hybridized carbons (Fsp3) is 0.0625. The molecule has 0 bridgehead atoms. The molecule has 13 heteroatoms. The zero-order chi connectivity index (χ0) is 20.4. The second-order valence-electron chi connectivity index (χ2n) is 5.41. The molecule has 0 aliphatic heterocycles. The Kier molecular flexibility index (Phi) is 4.72. The number of furan rings is 1. The van der Waals surface area contributed by atoms with Crippen molar-refractivity contribution in [2.24, 2.45) is 0 Å². The van der Waals surface area contributed by atoms with E-state index in [1.807, 2.05) is 0 Å². The first-order valence-corrected chi connectivity index (χ1v) is 8.72. The van der Waals surface area contributed by atoms with Gasteiger partial charge in [0.1, 0.15) is 11.4 Å². The number of carbonyl (C=O) groups is 1. The van der Waals surface area contributed by atoms with Crippen LogP contribution in [0.4, 0.5) is 18.3 Å². The summed E-state index contributed by atoms with van der Waals surface area (Å²) < 4.78 is 45.6. The summed E-state index contributed by atoms with van der Waals surface area (Å²) in [7, 11) is 0. The molecule has 4 rings (SSSR count). The van der Waals surface area contributed by atoms with Crippen molar-refractivity contribution in [3.8, 4) is 22.9 Å². The average Bonchev–Trinajstić information content (AvgIpc) is 3.42. The maximum absolute atomic E-state index is 12.3. The number of aromatic nitrogens is 5. The Labute approximate surface area is 163 Å². The number of nitrogens with one attached hydrogen (secondary N) is 1. The van der Waals surface area contributed by atoms with Gasteiger partial charge in [0.05, 0.1) is 12.0 Å². The van der Waals surface area contributed by atoms with Crippen LogP contribution in [0.2, 0.25) is 0 Å². The predicted octanol–water partition coefficient (Wildman–Crippen LogP) is 3.53. The molecule has 3 aromatic heterocycles. The normalized spacial score (nSPS) is 11.4. The van der Waals surface area contributed by atoms with E-state index < -0.39 is 18.0 Å². The van der Waals surface area contributed by atoms with Crippen LogP contribution in [-0.4, -0.2) is 37.5 Å². The van der Waals surface area contributed by atoms with Crippen molar-refractivity contribution < 1.29 is 27.1 Å². The number of tetrazole rings is 1. The third kappa shape index (κ3) is 4.40. The topological polar surface area (TPSA) is 108 Å². The van der Waals surface area contributed by atoms with E-state index in [1.54, 1.807) is 17.5 Å². The third-order valence-electron chi connectivity index (χ3n) is 3.42. The Morgan fingerprint density at radius 1 is 1.21 bits per heavy atom. The summed E-state index contributed by atoms with van der Waals surface area (Å²) in [5.41, 5.74) is 0.855. The van der Waals surface area contributed by atoms with Crippen LogP contribution in [0.3, 0.4) is 0 Å². The molecule has 0 spiro atoms.